The van der Waals surface area contributed by atoms with Gasteiger partial charge in [-0.05, 0) is 23.6 Å². The first-order valence-electron chi connectivity index (χ1n) is 6.94. The molecule has 24 heavy (non-hydrogen) atoms. The second-order valence-corrected chi connectivity index (χ2v) is 5.27. The van der Waals surface area contributed by atoms with Crippen LogP contribution in [0.2, 0.25) is 0 Å². The van der Waals surface area contributed by atoms with Gasteiger partial charge in [0.05, 0.1) is 6.42 Å². The lowest BCUT2D eigenvalue weighted by atomic mass is 10.0. The predicted molar refractivity (Wildman–Crippen MR) is 80.8 cm³/mol. The van der Waals surface area contributed by atoms with E-state index in [0.29, 0.717) is 16.7 Å². The summed E-state index contributed by atoms with van der Waals surface area (Å²) in [6, 6.07) is 8.91. The number of alkyl halides is 2. The van der Waals surface area contributed by atoms with Crippen LogP contribution < -0.4 is 5.73 Å². The highest BCUT2D eigenvalue weighted by atomic mass is 19.3. The van der Waals surface area contributed by atoms with Crippen LogP contribution in [0.1, 0.15) is 22.3 Å². The van der Waals surface area contributed by atoms with E-state index in [2.05, 4.69) is 10.7 Å². The SMILES string of the molecule is Cc1ccc2c(c1)-c1cc(CC(=O)OF)ccc1C2(F)F.NC=O. The van der Waals surface area contributed by atoms with Gasteiger partial charge in [0.1, 0.15) is 0 Å². The molecular weight excluding hydrogens is 323 g/mol. The van der Waals surface area contributed by atoms with E-state index in [-0.39, 0.29) is 24.0 Å². The van der Waals surface area contributed by atoms with Gasteiger partial charge in [-0.2, -0.15) is 8.78 Å². The number of primary amides is 1. The first-order valence-corrected chi connectivity index (χ1v) is 6.94. The van der Waals surface area contributed by atoms with Crippen LogP contribution >= 0.6 is 0 Å². The molecule has 0 saturated carbocycles. The molecule has 4 nitrogen and oxygen atoms in total. The highest BCUT2D eigenvalue weighted by Crippen LogP contribution is 2.51. The normalized spacial score (nSPS) is 13.2. The Balaban J connectivity index is 0.000000647. The molecule has 1 amide bonds. The van der Waals surface area contributed by atoms with Gasteiger partial charge >= 0.3 is 5.97 Å². The zero-order chi connectivity index (χ0) is 17.9. The third-order valence-electron chi connectivity index (χ3n) is 3.66. The van der Waals surface area contributed by atoms with Crippen molar-refractivity contribution in [1.82, 2.24) is 0 Å². The van der Waals surface area contributed by atoms with Crippen LogP contribution in [0.5, 0.6) is 0 Å². The minimum absolute atomic E-state index is 0.0479. The number of benzene rings is 2. The summed E-state index contributed by atoms with van der Waals surface area (Å²) in [6.07, 6.45) is -0.0451. The number of hydrogen-bond acceptors (Lipinski definition) is 3. The number of hydrogen-bond donors (Lipinski definition) is 1. The first-order chi connectivity index (χ1) is 11.3. The van der Waals surface area contributed by atoms with Crippen molar-refractivity contribution < 1.29 is 27.8 Å². The zero-order valence-corrected chi connectivity index (χ0v) is 12.7. The fraction of sp³-hybridized carbons (Fsp3) is 0.176. The van der Waals surface area contributed by atoms with Gasteiger partial charge < -0.3 is 5.73 Å². The topological polar surface area (TPSA) is 69.4 Å². The van der Waals surface area contributed by atoms with E-state index in [0.717, 1.165) is 5.56 Å². The predicted octanol–water partition coefficient (Wildman–Crippen LogP) is 3.19. The third kappa shape index (κ3) is 3.10. The van der Waals surface area contributed by atoms with E-state index in [1.807, 2.05) is 6.92 Å². The molecule has 2 aromatic carbocycles. The molecule has 0 fully saturated rings. The molecular formula is C17H14F3NO3. The van der Waals surface area contributed by atoms with Crippen LogP contribution in [0.15, 0.2) is 36.4 Å². The number of fused-ring (bicyclic) bond motifs is 3. The van der Waals surface area contributed by atoms with Gasteiger partial charge in [0.2, 0.25) is 6.41 Å². The smallest absolute Gasteiger partial charge is 0.353 e. The molecule has 0 atom stereocenters. The van der Waals surface area contributed by atoms with Gasteiger partial charge in [-0.25, -0.2) is 4.79 Å². The van der Waals surface area contributed by atoms with E-state index in [9.17, 15) is 18.1 Å². The maximum absolute atomic E-state index is 14.4. The number of amides is 1. The first kappa shape index (κ1) is 17.5. The molecule has 0 saturated heterocycles. The standard InChI is InChI=1S/C16H11F3O2.CH3NO/c1-9-2-4-13-11(6-9)12-7-10(8-15(20)21-19)3-5-14(12)16(13,17)18;2-1-3/h2-7H,8H2,1H3;1H,(H2,2,3). The summed E-state index contributed by atoms with van der Waals surface area (Å²) in [5.41, 5.74) is 6.15. The Labute approximate surface area is 135 Å². The average Bonchev–Trinajstić information content (AvgIpc) is 2.75. The second kappa shape index (κ2) is 6.74. The Morgan fingerprint density at radius 3 is 2.29 bits per heavy atom. The Hall–Kier alpha value is -2.83. The van der Waals surface area contributed by atoms with Crippen LogP contribution in [0, 0.1) is 6.92 Å². The molecule has 0 heterocycles. The maximum Gasteiger partial charge on any atom is 0.353 e. The molecule has 0 unspecified atom stereocenters. The van der Waals surface area contributed by atoms with Gasteiger partial charge in [-0.3, -0.25) is 9.74 Å². The molecule has 0 bridgehead atoms. The van der Waals surface area contributed by atoms with Crippen LogP contribution in [0.4, 0.5) is 13.3 Å². The second-order valence-electron chi connectivity index (χ2n) is 5.27. The van der Waals surface area contributed by atoms with Gasteiger partial charge in [-0.1, -0.05) is 42.0 Å². The lowest BCUT2D eigenvalue weighted by Gasteiger charge is -2.12. The Morgan fingerprint density at radius 2 is 1.71 bits per heavy atom. The molecule has 1 aliphatic carbocycles. The van der Waals surface area contributed by atoms with Crippen molar-refractivity contribution in [3.63, 3.8) is 0 Å². The summed E-state index contributed by atoms with van der Waals surface area (Å²) in [6.45, 7) is 1.82. The summed E-state index contributed by atoms with van der Waals surface area (Å²) < 4.78 is 40.5. The lowest BCUT2D eigenvalue weighted by molar-refractivity contribution is -0.182. The highest BCUT2D eigenvalue weighted by molar-refractivity contribution is 5.81. The molecule has 3 rings (SSSR count). The summed E-state index contributed by atoms with van der Waals surface area (Å²) in [7, 11) is 0. The monoisotopic (exact) mass is 337 g/mol. The molecule has 0 aromatic heterocycles. The van der Waals surface area contributed by atoms with Crippen LogP contribution in [-0.4, -0.2) is 12.4 Å². The fourth-order valence-electron chi connectivity index (χ4n) is 2.69. The van der Waals surface area contributed by atoms with E-state index in [1.165, 1.54) is 24.3 Å². The Bertz CT molecular complexity index is 791. The number of rotatable bonds is 2. The number of nitrogens with two attached hydrogens (primary N) is 1. The van der Waals surface area contributed by atoms with Crippen molar-refractivity contribution in [3.8, 4) is 11.1 Å². The van der Waals surface area contributed by atoms with E-state index in [1.54, 1.807) is 12.1 Å². The average molecular weight is 337 g/mol. The van der Waals surface area contributed by atoms with Crippen molar-refractivity contribution in [2.24, 2.45) is 5.73 Å². The maximum atomic E-state index is 14.4. The third-order valence-corrected chi connectivity index (χ3v) is 3.66. The molecule has 2 N–H and O–H groups in total. The summed E-state index contributed by atoms with van der Waals surface area (Å²) in [4.78, 5) is 22.7. The Kier molecular flexibility index (Phi) is 4.92. The fourth-order valence-corrected chi connectivity index (χ4v) is 2.69. The number of carbonyl (C=O) groups excluding carboxylic acids is 2. The number of carbonyl (C=O) groups is 2. The summed E-state index contributed by atoms with van der Waals surface area (Å²) in [5, 5.41) is 0. The quantitative estimate of drug-likeness (QED) is 0.856. The molecule has 0 spiro atoms. The van der Waals surface area contributed by atoms with Crippen molar-refractivity contribution >= 4 is 12.4 Å². The van der Waals surface area contributed by atoms with Crippen LogP contribution in [0.25, 0.3) is 11.1 Å². The van der Waals surface area contributed by atoms with Gasteiger partial charge in [0.25, 0.3) is 5.92 Å². The largest absolute Gasteiger partial charge is 0.372 e. The summed E-state index contributed by atoms with van der Waals surface area (Å²) >= 11 is 0. The van der Waals surface area contributed by atoms with Crippen molar-refractivity contribution in [1.29, 1.82) is 0 Å². The van der Waals surface area contributed by atoms with Crippen LogP contribution in [-0.2, 0) is 26.9 Å². The molecule has 0 radical (unpaired) electrons. The molecule has 2 aromatic rings. The highest BCUT2D eigenvalue weighted by Gasteiger charge is 2.44. The van der Waals surface area contributed by atoms with E-state index in [4.69, 9.17) is 4.79 Å². The lowest BCUT2D eigenvalue weighted by Crippen LogP contribution is -2.11. The van der Waals surface area contributed by atoms with Gasteiger partial charge in [0.15, 0.2) is 0 Å². The number of aryl methyl sites for hydroxylation is 1. The van der Waals surface area contributed by atoms with Crippen molar-refractivity contribution in [2.75, 3.05) is 0 Å². The minimum Gasteiger partial charge on any atom is -0.372 e. The summed E-state index contributed by atoms with van der Waals surface area (Å²) in [5.74, 6) is -4.11. The Morgan fingerprint density at radius 1 is 1.17 bits per heavy atom. The molecule has 1 aliphatic rings. The number of halogens is 3. The van der Waals surface area contributed by atoms with Crippen molar-refractivity contribution in [2.45, 2.75) is 19.3 Å². The molecule has 7 heteroatoms. The molecule has 126 valence electrons. The van der Waals surface area contributed by atoms with E-state index < -0.39 is 11.9 Å². The molecule has 0 aliphatic heterocycles. The zero-order valence-electron chi connectivity index (χ0n) is 12.7. The van der Waals surface area contributed by atoms with E-state index >= 15 is 0 Å². The van der Waals surface area contributed by atoms with Gasteiger partial charge in [0, 0.05) is 15.7 Å². The van der Waals surface area contributed by atoms with Crippen LogP contribution in [0.3, 0.4) is 0 Å². The van der Waals surface area contributed by atoms with Gasteiger partial charge in [-0.15, -0.1) is 0 Å². The minimum atomic E-state index is -3.06. The van der Waals surface area contributed by atoms with Crippen molar-refractivity contribution in [3.05, 3.63) is 58.7 Å².